The van der Waals surface area contributed by atoms with Crippen molar-refractivity contribution in [3.8, 4) is 0 Å². The highest BCUT2D eigenvalue weighted by Crippen LogP contribution is 2.21. The van der Waals surface area contributed by atoms with E-state index in [-0.39, 0.29) is 24.0 Å². The minimum Gasteiger partial charge on any atom is -0.451 e. The smallest absolute Gasteiger partial charge is 0.289 e. The second-order valence-corrected chi connectivity index (χ2v) is 4.78. The average Bonchev–Trinajstić information content (AvgIpc) is 2.97. The van der Waals surface area contributed by atoms with Gasteiger partial charge in [-0.3, -0.25) is 4.79 Å². The molecule has 21 heavy (non-hydrogen) atoms. The van der Waals surface area contributed by atoms with Crippen LogP contribution in [0.5, 0.6) is 0 Å². The third-order valence-electron chi connectivity index (χ3n) is 3.44. The number of hydrogen-bond donors (Lipinski definition) is 2. The molecule has 1 aliphatic heterocycles. The van der Waals surface area contributed by atoms with Crippen molar-refractivity contribution in [2.45, 2.75) is 6.10 Å². The number of amides is 1. The Bertz CT molecular complexity index is 661. The lowest BCUT2D eigenvalue weighted by molar-refractivity contribution is 0.00545. The number of ether oxygens (including phenoxy) is 1. The molecule has 0 bridgehead atoms. The predicted molar refractivity (Wildman–Crippen MR) is 75.3 cm³/mol. The number of morpholine rings is 1. The molecule has 7 heteroatoms. The number of furan rings is 1. The maximum absolute atomic E-state index is 12.5. The van der Waals surface area contributed by atoms with Crippen molar-refractivity contribution in [3.63, 3.8) is 0 Å². The molecule has 0 saturated carbocycles. The van der Waals surface area contributed by atoms with Gasteiger partial charge in [-0.15, -0.1) is 0 Å². The first-order chi connectivity index (χ1) is 10.2. The summed E-state index contributed by atoms with van der Waals surface area (Å²) in [7, 11) is 0. The van der Waals surface area contributed by atoms with E-state index in [1.54, 1.807) is 11.0 Å². The zero-order valence-corrected chi connectivity index (χ0v) is 11.2. The zero-order valence-electron chi connectivity index (χ0n) is 11.2. The SMILES string of the molecule is NC(=NO)C1CN(C(=O)c2cc3ccccc3o2)CCO1. The van der Waals surface area contributed by atoms with Gasteiger partial charge in [-0.25, -0.2) is 0 Å². The number of hydrogen-bond acceptors (Lipinski definition) is 5. The third-order valence-corrected chi connectivity index (χ3v) is 3.44. The fourth-order valence-corrected chi connectivity index (χ4v) is 2.32. The molecule has 0 spiro atoms. The zero-order chi connectivity index (χ0) is 14.8. The Morgan fingerprint density at radius 3 is 3.00 bits per heavy atom. The van der Waals surface area contributed by atoms with Gasteiger partial charge in [0.05, 0.1) is 13.2 Å². The Kier molecular flexibility index (Phi) is 3.49. The van der Waals surface area contributed by atoms with E-state index in [1.807, 2.05) is 24.3 Å². The van der Waals surface area contributed by atoms with E-state index in [9.17, 15) is 4.79 Å². The van der Waals surface area contributed by atoms with Crippen molar-refractivity contribution in [3.05, 3.63) is 36.1 Å². The lowest BCUT2D eigenvalue weighted by Gasteiger charge is -2.31. The van der Waals surface area contributed by atoms with Gasteiger partial charge in [0, 0.05) is 11.9 Å². The standard InChI is InChI=1S/C14H15N3O4/c15-13(16-19)12-8-17(5-6-20-12)14(18)11-7-9-3-1-2-4-10(9)21-11/h1-4,7,12,19H,5-6,8H2,(H2,15,16). The van der Waals surface area contributed by atoms with Crippen molar-refractivity contribution in [1.29, 1.82) is 0 Å². The van der Waals surface area contributed by atoms with Crippen molar-refractivity contribution >= 4 is 22.7 Å². The van der Waals surface area contributed by atoms with Crippen LogP contribution in [0, 0.1) is 0 Å². The number of carbonyl (C=O) groups is 1. The van der Waals surface area contributed by atoms with Crippen LogP contribution >= 0.6 is 0 Å². The number of benzene rings is 1. The fourth-order valence-electron chi connectivity index (χ4n) is 2.32. The van der Waals surface area contributed by atoms with Gasteiger partial charge in [-0.05, 0) is 12.1 Å². The number of rotatable bonds is 2. The Morgan fingerprint density at radius 1 is 1.43 bits per heavy atom. The molecule has 2 aromatic rings. The Labute approximate surface area is 120 Å². The molecule has 1 aromatic heterocycles. The average molecular weight is 289 g/mol. The minimum atomic E-state index is -0.600. The normalized spacial score (nSPS) is 19.9. The first kappa shape index (κ1) is 13.4. The summed E-state index contributed by atoms with van der Waals surface area (Å²) in [6.45, 7) is 0.990. The topological polar surface area (TPSA) is 101 Å². The molecule has 1 saturated heterocycles. The third kappa shape index (κ3) is 2.55. The highest BCUT2D eigenvalue weighted by atomic mass is 16.5. The lowest BCUT2D eigenvalue weighted by atomic mass is 10.2. The van der Waals surface area contributed by atoms with Crippen LogP contribution in [-0.4, -0.2) is 47.7 Å². The number of carbonyl (C=O) groups excluding carboxylic acids is 1. The van der Waals surface area contributed by atoms with Crippen LogP contribution in [0.15, 0.2) is 39.9 Å². The molecule has 1 amide bonds. The molecule has 110 valence electrons. The molecule has 3 N–H and O–H groups in total. The molecule has 2 heterocycles. The Hall–Kier alpha value is -2.54. The molecule has 3 rings (SSSR count). The molecule has 0 aliphatic carbocycles. The van der Waals surface area contributed by atoms with Crippen LogP contribution in [0.1, 0.15) is 10.6 Å². The van der Waals surface area contributed by atoms with Gasteiger partial charge in [0.2, 0.25) is 0 Å². The maximum Gasteiger partial charge on any atom is 0.289 e. The van der Waals surface area contributed by atoms with Crippen LogP contribution in [0.4, 0.5) is 0 Å². The van der Waals surface area contributed by atoms with Crippen molar-refractivity contribution in [1.82, 2.24) is 4.90 Å². The van der Waals surface area contributed by atoms with Gasteiger partial charge in [-0.1, -0.05) is 23.4 Å². The van der Waals surface area contributed by atoms with Crippen LogP contribution in [-0.2, 0) is 4.74 Å². The van der Waals surface area contributed by atoms with E-state index in [0.717, 1.165) is 5.39 Å². The number of para-hydroxylation sites is 1. The highest BCUT2D eigenvalue weighted by molar-refractivity contribution is 5.96. The molecule has 1 aromatic carbocycles. The van der Waals surface area contributed by atoms with Crippen LogP contribution in [0.25, 0.3) is 11.0 Å². The van der Waals surface area contributed by atoms with E-state index < -0.39 is 6.10 Å². The summed E-state index contributed by atoms with van der Waals surface area (Å²) in [5.74, 6) is -0.00120. The molecule has 1 unspecified atom stereocenters. The molecule has 1 aliphatic rings. The molecule has 7 nitrogen and oxygen atoms in total. The summed E-state index contributed by atoms with van der Waals surface area (Å²) >= 11 is 0. The largest absolute Gasteiger partial charge is 0.451 e. The van der Waals surface area contributed by atoms with Crippen molar-refractivity contribution in [2.24, 2.45) is 10.9 Å². The van der Waals surface area contributed by atoms with Gasteiger partial charge in [0.1, 0.15) is 11.7 Å². The van der Waals surface area contributed by atoms with Gasteiger partial charge in [0.25, 0.3) is 5.91 Å². The van der Waals surface area contributed by atoms with E-state index >= 15 is 0 Å². The molecule has 1 atom stereocenters. The summed E-state index contributed by atoms with van der Waals surface area (Å²) in [5, 5.41) is 12.5. The summed E-state index contributed by atoms with van der Waals surface area (Å²) in [6, 6.07) is 9.14. The van der Waals surface area contributed by atoms with Gasteiger partial charge < -0.3 is 25.0 Å². The number of nitrogens with two attached hydrogens (primary N) is 1. The van der Waals surface area contributed by atoms with E-state index in [4.69, 9.17) is 20.1 Å². The van der Waals surface area contributed by atoms with Gasteiger partial charge in [-0.2, -0.15) is 0 Å². The number of nitrogens with zero attached hydrogens (tertiary/aromatic N) is 2. The summed E-state index contributed by atoms with van der Waals surface area (Å²) < 4.78 is 10.9. The second-order valence-electron chi connectivity index (χ2n) is 4.78. The summed E-state index contributed by atoms with van der Waals surface area (Å²) in [6.07, 6.45) is -0.600. The second kappa shape index (κ2) is 5.45. The first-order valence-corrected chi connectivity index (χ1v) is 6.56. The quantitative estimate of drug-likeness (QED) is 0.372. The predicted octanol–water partition coefficient (Wildman–Crippen LogP) is 1.02. The monoisotopic (exact) mass is 289 g/mol. The van der Waals surface area contributed by atoms with Crippen molar-refractivity contribution in [2.75, 3.05) is 19.7 Å². The van der Waals surface area contributed by atoms with Crippen LogP contribution < -0.4 is 5.73 Å². The Balaban J connectivity index is 1.81. The number of fused-ring (bicyclic) bond motifs is 1. The minimum absolute atomic E-state index is 0.0443. The van der Waals surface area contributed by atoms with Crippen molar-refractivity contribution < 1.29 is 19.2 Å². The van der Waals surface area contributed by atoms with Crippen LogP contribution in [0.3, 0.4) is 0 Å². The van der Waals surface area contributed by atoms with E-state index in [1.165, 1.54) is 0 Å². The van der Waals surface area contributed by atoms with Gasteiger partial charge >= 0.3 is 0 Å². The van der Waals surface area contributed by atoms with Crippen LogP contribution in [0.2, 0.25) is 0 Å². The summed E-state index contributed by atoms with van der Waals surface area (Å²) in [4.78, 5) is 14.0. The van der Waals surface area contributed by atoms with Gasteiger partial charge in [0.15, 0.2) is 11.6 Å². The molecule has 0 radical (unpaired) electrons. The number of amidine groups is 1. The van der Waals surface area contributed by atoms with E-state index in [0.29, 0.717) is 18.7 Å². The molecular weight excluding hydrogens is 274 g/mol. The number of oxime groups is 1. The van der Waals surface area contributed by atoms with E-state index in [2.05, 4.69) is 5.16 Å². The first-order valence-electron chi connectivity index (χ1n) is 6.56. The Morgan fingerprint density at radius 2 is 2.24 bits per heavy atom. The lowest BCUT2D eigenvalue weighted by Crippen LogP contribution is -2.50. The molecular formula is C14H15N3O4. The molecule has 1 fully saturated rings. The summed E-state index contributed by atoms with van der Waals surface area (Å²) in [5.41, 5.74) is 6.19. The highest BCUT2D eigenvalue weighted by Gasteiger charge is 2.29. The maximum atomic E-state index is 12.5. The fraction of sp³-hybridized carbons (Fsp3) is 0.286.